The fraction of sp³-hybridized carbons (Fsp3) is 0.182. The van der Waals surface area contributed by atoms with Crippen molar-refractivity contribution >= 4 is 38.9 Å². The standard InChI is InChI=1S/C11H11Cl2FN4O2S/c12-8-1-2-9(10(13)11(8)14)21(19,20)17-3-4-18-6-7(15)5-16-18/h1-2,5-6,17H,3-4,15H2. The molecule has 1 aromatic heterocycles. The van der Waals surface area contributed by atoms with Crippen LogP contribution in [0.4, 0.5) is 10.1 Å². The number of hydrogen-bond donors (Lipinski definition) is 2. The van der Waals surface area contributed by atoms with Crippen LogP contribution in [0.2, 0.25) is 10.0 Å². The van der Waals surface area contributed by atoms with Crippen LogP contribution in [-0.4, -0.2) is 24.7 Å². The topological polar surface area (TPSA) is 90.0 Å². The number of nitrogens with zero attached hydrogens (tertiary/aromatic N) is 2. The Morgan fingerprint density at radius 1 is 1.38 bits per heavy atom. The molecule has 0 spiro atoms. The van der Waals surface area contributed by atoms with Gasteiger partial charge in [-0.3, -0.25) is 4.68 Å². The number of rotatable bonds is 5. The number of aromatic nitrogens is 2. The van der Waals surface area contributed by atoms with E-state index in [0.29, 0.717) is 5.69 Å². The molecule has 2 aromatic rings. The Bertz CT molecular complexity index is 764. The van der Waals surface area contributed by atoms with E-state index in [1.165, 1.54) is 10.9 Å². The number of nitrogens with one attached hydrogen (secondary N) is 1. The summed E-state index contributed by atoms with van der Waals surface area (Å²) in [5.41, 5.74) is 5.96. The molecule has 0 aliphatic rings. The van der Waals surface area contributed by atoms with Crippen molar-refractivity contribution in [3.05, 3.63) is 40.4 Å². The van der Waals surface area contributed by atoms with Crippen LogP contribution < -0.4 is 10.5 Å². The maximum atomic E-state index is 13.5. The SMILES string of the molecule is Nc1cnn(CCNS(=O)(=O)c2ccc(Cl)c(F)c2Cl)c1. The zero-order chi connectivity index (χ0) is 15.6. The van der Waals surface area contributed by atoms with Crippen molar-refractivity contribution in [3.63, 3.8) is 0 Å². The summed E-state index contributed by atoms with van der Waals surface area (Å²) in [4.78, 5) is -0.369. The number of sulfonamides is 1. The highest BCUT2D eigenvalue weighted by molar-refractivity contribution is 7.89. The van der Waals surface area contributed by atoms with Crippen LogP contribution in [0.1, 0.15) is 0 Å². The molecule has 10 heteroatoms. The lowest BCUT2D eigenvalue weighted by Gasteiger charge is -2.09. The second-order valence-corrected chi connectivity index (χ2v) is 6.63. The average Bonchev–Trinajstić information content (AvgIpc) is 2.81. The van der Waals surface area contributed by atoms with Gasteiger partial charge in [0.1, 0.15) is 4.90 Å². The average molecular weight is 353 g/mol. The zero-order valence-corrected chi connectivity index (χ0v) is 12.9. The maximum absolute atomic E-state index is 13.5. The Morgan fingerprint density at radius 2 is 2.10 bits per heavy atom. The van der Waals surface area contributed by atoms with Crippen LogP contribution in [-0.2, 0) is 16.6 Å². The summed E-state index contributed by atoms with van der Waals surface area (Å²) in [6.07, 6.45) is 3.00. The third kappa shape index (κ3) is 3.65. The van der Waals surface area contributed by atoms with E-state index in [-0.39, 0.29) is 23.0 Å². The Labute approximate surface area is 130 Å². The van der Waals surface area contributed by atoms with Gasteiger partial charge in [-0.25, -0.2) is 17.5 Å². The molecule has 0 fully saturated rings. The largest absolute Gasteiger partial charge is 0.396 e. The van der Waals surface area contributed by atoms with Gasteiger partial charge in [-0.15, -0.1) is 0 Å². The van der Waals surface area contributed by atoms with E-state index in [9.17, 15) is 12.8 Å². The summed E-state index contributed by atoms with van der Waals surface area (Å²) in [6.45, 7) is 0.314. The zero-order valence-electron chi connectivity index (χ0n) is 10.6. The van der Waals surface area contributed by atoms with Crippen molar-refractivity contribution in [2.45, 2.75) is 11.4 Å². The Balaban J connectivity index is 2.10. The van der Waals surface area contributed by atoms with E-state index in [0.717, 1.165) is 12.1 Å². The fourth-order valence-corrected chi connectivity index (χ4v) is 3.35. The van der Waals surface area contributed by atoms with E-state index in [1.54, 1.807) is 6.20 Å². The third-order valence-electron chi connectivity index (χ3n) is 2.58. The highest BCUT2D eigenvalue weighted by Crippen LogP contribution is 2.29. The van der Waals surface area contributed by atoms with E-state index >= 15 is 0 Å². The molecule has 3 N–H and O–H groups in total. The highest BCUT2D eigenvalue weighted by Gasteiger charge is 2.21. The molecule has 6 nitrogen and oxygen atoms in total. The molecule has 1 aromatic carbocycles. The second kappa shape index (κ2) is 6.18. The summed E-state index contributed by atoms with van der Waals surface area (Å²) in [7, 11) is -3.95. The van der Waals surface area contributed by atoms with E-state index in [2.05, 4.69) is 9.82 Å². The van der Waals surface area contributed by atoms with Crippen molar-refractivity contribution in [2.24, 2.45) is 0 Å². The second-order valence-electron chi connectivity index (χ2n) is 4.11. The number of nitrogen functional groups attached to an aromatic ring is 1. The van der Waals surface area contributed by atoms with Gasteiger partial charge in [0.15, 0.2) is 5.82 Å². The quantitative estimate of drug-likeness (QED) is 0.804. The molecule has 2 rings (SSSR count). The Morgan fingerprint density at radius 3 is 2.71 bits per heavy atom. The van der Waals surface area contributed by atoms with Crippen molar-refractivity contribution < 1.29 is 12.8 Å². The Hall–Kier alpha value is -1.35. The lowest BCUT2D eigenvalue weighted by Crippen LogP contribution is -2.28. The van der Waals surface area contributed by atoms with Crippen LogP contribution in [0.3, 0.4) is 0 Å². The highest BCUT2D eigenvalue weighted by atomic mass is 35.5. The summed E-state index contributed by atoms with van der Waals surface area (Å²) in [6, 6.07) is 2.27. The smallest absolute Gasteiger partial charge is 0.242 e. The van der Waals surface area contributed by atoms with Gasteiger partial charge >= 0.3 is 0 Å². The summed E-state index contributed by atoms with van der Waals surface area (Å²) in [5.74, 6) is -0.971. The van der Waals surface area contributed by atoms with Crippen molar-refractivity contribution in [2.75, 3.05) is 12.3 Å². The monoisotopic (exact) mass is 352 g/mol. The molecule has 0 amide bonds. The van der Waals surface area contributed by atoms with Crippen LogP contribution in [0, 0.1) is 5.82 Å². The lowest BCUT2D eigenvalue weighted by atomic mass is 10.3. The van der Waals surface area contributed by atoms with Crippen LogP contribution in [0.5, 0.6) is 0 Å². The van der Waals surface area contributed by atoms with Gasteiger partial charge in [0.25, 0.3) is 0 Å². The number of benzene rings is 1. The first kappa shape index (κ1) is 16.0. The van der Waals surface area contributed by atoms with E-state index < -0.39 is 20.9 Å². The van der Waals surface area contributed by atoms with Crippen LogP contribution in [0.25, 0.3) is 0 Å². The minimum atomic E-state index is -3.95. The fourth-order valence-electron chi connectivity index (χ4n) is 1.59. The number of anilines is 1. The van der Waals surface area contributed by atoms with Gasteiger partial charge in [-0.1, -0.05) is 23.2 Å². The van der Waals surface area contributed by atoms with Gasteiger partial charge < -0.3 is 5.73 Å². The van der Waals surface area contributed by atoms with Crippen molar-refractivity contribution in [1.82, 2.24) is 14.5 Å². The number of nitrogens with two attached hydrogens (primary N) is 1. The van der Waals surface area contributed by atoms with E-state index in [4.69, 9.17) is 28.9 Å². The predicted molar refractivity (Wildman–Crippen MR) is 78.2 cm³/mol. The molecule has 1 heterocycles. The van der Waals surface area contributed by atoms with Gasteiger partial charge in [0, 0.05) is 12.7 Å². The Kier molecular flexibility index (Phi) is 4.72. The summed E-state index contributed by atoms with van der Waals surface area (Å²) in [5, 5.41) is 3.12. The first-order valence-corrected chi connectivity index (χ1v) is 7.96. The van der Waals surface area contributed by atoms with Gasteiger partial charge in [0.2, 0.25) is 10.0 Å². The molecule has 114 valence electrons. The first-order chi connectivity index (χ1) is 9.81. The molecule has 21 heavy (non-hydrogen) atoms. The lowest BCUT2D eigenvalue weighted by molar-refractivity contribution is 0.559. The predicted octanol–water partition coefficient (Wildman–Crippen LogP) is 1.89. The molecule has 0 saturated carbocycles. The molecule has 0 aliphatic carbocycles. The molecule has 0 unspecified atom stereocenters. The summed E-state index contributed by atoms with van der Waals surface area (Å²) >= 11 is 11.2. The van der Waals surface area contributed by atoms with Crippen LogP contribution >= 0.6 is 23.2 Å². The minimum Gasteiger partial charge on any atom is -0.396 e. The number of halogens is 3. The van der Waals surface area contributed by atoms with Gasteiger partial charge in [0.05, 0.1) is 28.5 Å². The normalized spacial score (nSPS) is 11.8. The molecule has 0 saturated heterocycles. The van der Waals surface area contributed by atoms with Crippen LogP contribution in [0.15, 0.2) is 29.4 Å². The third-order valence-corrected chi connectivity index (χ3v) is 4.85. The molecule has 0 bridgehead atoms. The molecule has 0 aliphatic heterocycles. The molecule has 0 atom stereocenters. The van der Waals surface area contributed by atoms with Crippen molar-refractivity contribution in [3.8, 4) is 0 Å². The molecular formula is C11H11Cl2FN4O2S. The maximum Gasteiger partial charge on any atom is 0.242 e. The molecule has 0 radical (unpaired) electrons. The number of hydrogen-bond acceptors (Lipinski definition) is 4. The minimum absolute atomic E-state index is 0.0457. The summed E-state index contributed by atoms with van der Waals surface area (Å²) < 4.78 is 41.4. The van der Waals surface area contributed by atoms with Crippen molar-refractivity contribution in [1.29, 1.82) is 0 Å². The molecular weight excluding hydrogens is 342 g/mol. The van der Waals surface area contributed by atoms with E-state index in [1.807, 2.05) is 0 Å². The first-order valence-electron chi connectivity index (χ1n) is 5.72. The van der Waals surface area contributed by atoms with Gasteiger partial charge in [-0.2, -0.15) is 5.10 Å². The van der Waals surface area contributed by atoms with Gasteiger partial charge in [-0.05, 0) is 12.1 Å².